The van der Waals surface area contributed by atoms with E-state index in [0.717, 1.165) is 22.5 Å². The molecule has 0 bridgehead atoms. The number of nitrogens with two attached hydrogens (primary N) is 1. The molecule has 2 heterocycles. The Balaban J connectivity index is 2.24. The zero-order chi connectivity index (χ0) is 15.0. The van der Waals surface area contributed by atoms with Gasteiger partial charge in [0.2, 0.25) is 0 Å². The summed E-state index contributed by atoms with van der Waals surface area (Å²) in [4.78, 5) is 4.36. The first-order valence-corrected chi connectivity index (χ1v) is 7.03. The Morgan fingerprint density at radius 3 is 2.57 bits per heavy atom. The molecular formula is C15H12Cl2N4. The fraction of sp³-hybridized carbons (Fsp3) is 0.0667. The number of nitrogen functional groups attached to an aromatic ring is 1. The Kier molecular flexibility index (Phi) is 3.57. The number of nitrogens with zero attached hydrogens (tertiary/aromatic N) is 3. The van der Waals surface area contributed by atoms with Crippen molar-refractivity contribution in [3.8, 4) is 22.5 Å². The zero-order valence-corrected chi connectivity index (χ0v) is 12.7. The van der Waals surface area contributed by atoms with Crippen LogP contribution in [0.3, 0.4) is 0 Å². The lowest BCUT2D eigenvalue weighted by Crippen LogP contribution is -1.98. The van der Waals surface area contributed by atoms with E-state index in [9.17, 15) is 0 Å². The molecule has 0 aliphatic rings. The largest absolute Gasteiger partial charge is 0.383 e. The van der Waals surface area contributed by atoms with Gasteiger partial charge in [-0.1, -0.05) is 35.3 Å². The van der Waals surface area contributed by atoms with Crippen molar-refractivity contribution in [1.29, 1.82) is 0 Å². The molecule has 0 fully saturated rings. The molecule has 0 saturated carbocycles. The molecule has 3 rings (SSSR count). The normalized spacial score (nSPS) is 10.8. The SMILES string of the molecule is Cn1nc(-c2ccc(Cl)c(Cl)c2)c(-c2ccccn2)c1N. The number of pyridine rings is 1. The Hall–Kier alpha value is -2.04. The van der Waals surface area contributed by atoms with E-state index in [1.165, 1.54) is 0 Å². The van der Waals surface area contributed by atoms with Gasteiger partial charge in [0.25, 0.3) is 0 Å². The Bertz CT molecular complexity index is 797. The predicted octanol–water partition coefficient (Wildman–Crippen LogP) is 4.04. The molecule has 21 heavy (non-hydrogen) atoms. The molecule has 2 N–H and O–H groups in total. The number of halogens is 2. The lowest BCUT2D eigenvalue weighted by molar-refractivity contribution is 0.782. The van der Waals surface area contributed by atoms with Gasteiger partial charge in [-0.2, -0.15) is 5.10 Å². The van der Waals surface area contributed by atoms with Crippen LogP contribution >= 0.6 is 23.2 Å². The summed E-state index contributed by atoms with van der Waals surface area (Å²) < 4.78 is 1.63. The summed E-state index contributed by atoms with van der Waals surface area (Å²) in [5.41, 5.74) is 9.27. The van der Waals surface area contributed by atoms with E-state index in [-0.39, 0.29) is 0 Å². The second kappa shape index (κ2) is 5.39. The summed E-state index contributed by atoms with van der Waals surface area (Å²) in [6, 6.07) is 11.0. The fourth-order valence-electron chi connectivity index (χ4n) is 2.15. The standard InChI is InChI=1S/C15H12Cl2N4/c1-21-15(18)13(12-4-2-3-7-19-12)14(20-21)9-5-6-10(16)11(17)8-9/h2-8H,18H2,1H3. The molecule has 2 aromatic heterocycles. The number of aryl methyl sites for hydroxylation is 1. The lowest BCUT2D eigenvalue weighted by atomic mass is 10.0. The first kappa shape index (κ1) is 13.9. The third-order valence-corrected chi connectivity index (χ3v) is 3.94. The minimum absolute atomic E-state index is 0.477. The summed E-state index contributed by atoms with van der Waals surface area (Å²) >= 11 is 12.1. The first-order valence-electron chi connectivity index (χ1n) is 6.27. The summed E-state index contributed by atoms with van der Waals surface area (Å²) in [6.07, 6.45) is 1.72. The van der Waals surface area contributed by atoms with Gasteiger partial charge < -0.3 is 5.73 Å². The van der Waals surface area contributed by atoms with E-state index in [0.29, 0.717) is 15.9 Å². The van der Waals surface area contributed by atoms with Crippen molar-refractivity contribution < 1.29 is 0 Å². The zero-order valence-electron chi connectivity index (χ0n) is 11.2. The van der Waals surface area contributed by atoms with Gasteiger partial charge in [0.1, 0.15) is 11.5 Å². The van der Waals surface area contributed by atoms with Gasteiger partial charge in [-0.3, -0.25) is 9.67 Å². The molecule has 1 aromatic carbocycles. The van der Waals surface area contributed by atoms with Crippen LogP contribution in [0.4, 0.5) is 5.82 Å². The third kappa shape index (κ3) is 2.48. The van der Waals surface area contributed by atoms with Crippen LogP contribution in [0.15, 0.2) is 42.6 Å². The molecule has 4 nitrogen and oxygen atoms in total. The molecule has 0 saturated heterocycles. The van der Waals surface area contributed by atoms with Crippen molar-refractivity contribution in [3.05, 3.63) is 52.6 Å². The number of aromatic nitrogens is 3. The average Bonchev–Trinajstić information content (AvgIpc) is 2.79. The highest BCUT2D eigenvalue weighted by molar-refractivity contribution is 6.42. The van der Waals surface area contributed by atoms with Gasteiger partial charge in [0.05, 0.1) is 21.3 Å². The molecule has 0 aliphatic carbocycles. The van der Waals surface area contributed by atoms with Crippen molar-refractivity contribution in [2.24, 2.45) is 7.05 Å². The maximum absolute atomic E-state index is 6.14. The van der Waals surface area contributed by atoms with E-state index in [1.807, 2.05) is 24.3 Å². The molecule has 6 heteroatoms. The molecule has 3 aromatic rings. The summed E-state index contributed by atoms with van der Waals surface area (Å²) in [6.45, 7) is 0. The molecule has 0 aliphatic heterocycles. The molecule has 0 amide bonds. The van der Waals surface area contributed by atoms with E-state index in [4.69, 9.17) is 28.9 Å². The van der Waals surface area contributed by atoms with E-state index >= 15 is 0 Å². The van der Waals surface area contributed by atoms with Gasteiger partial charge in [-0.15, -0.1) is 0 Å². The molecule has 0 radical (unpaired) electrons. The van der Waals surface area contributed by atoms with Crippen LogP contribution in [-0.2, 0) is 7.05 Å². The predicted molar refractivity (Wildman–Crippen MR) is 86.3 cm³/mol. The Morgan fingerprint density at radius 1 is 1.10 bits per heavy atom. The molecule has 0 atom stereocenters. The third-order valence-electron chi connectivity index (χ3n) is 3.21. The van der Waals surface area contributed by atoms with Crippen LogP contribution in [-0.4, -0.2) is 14.8 Å². The van der Waals surface area contributed by atoms with Gasteiger partial charge in [-0.25, -0.2) is 0 Å². The summed E-state index contributed by atoms with van der Waals surface area (Å²) in [5, 5.41) is 5.46. The number of benzene rings is 1. The highest BCUT2D eigenvalue weighted by Crippen LogP contribution is 2.36. The maximum atomic E-state index is 6.14. The van der Waals surface area contributed by atoms with Crippen LogP contribution in [0.5, 0.6) is 0 Å². The Morgan fingerprint density at radius 2 is 1.90 bits per heavy atom. The van der Waals surface area contributed by atoms with E-state index in [2.05, 4.69) is 10.1 Å². The molecule has 0 unspecified atom stereocenters. The van der Waals surface area contributed by atoms with Gasteiger partial charge in [-0.05, 0) is 24.3 Å². The average molecular weight is 319 g/mol. The number of anilines is 1. The highest BCUT2D eigenvalue weighted by atomic mass is 35.5. The van der Waals surface area contributed by atoms with Crippen LogP contribution in [0.2, 0.25) is 10.0 Å². The monoisotopic (exact) mass is 318 g/mol. The van der Waals surface area contributed by atoms with Crippen LogP contribution in [0.1, 0.15) is 0 Å². The Labute approximate surface area is 132 Å². The maximum Gasteiger partial charge on any atom is 0.131 e. The minimum Gasteiger partial charge on any atom is -0.383 e. The number of hydrogen-bond acceptors (Lipinski definition) is 3. The van der Waals surface area contributed by atoms with Crippen LogP contribution in [0, 0.1) is 0 Å². The first-order chi connectivity index (χ1) is 10.1. The molecule has 0 spiro atoms. The van der Waals surface area contributed by atoms with Crippen molar-refractivity contribution in [1.82, 2.24) is 14.8 Å². The van der Waals surface area contributed by atoms with Crippen LogP contribution in [0.25, 0.3) is 22.5 Å². The quantitative estimate of drug-likeness (QED) is 0.775. The highest BCUT2D eigenvalue weighted by Gasteiger charge is 2.18. The van der Waals surface area contributed by atoms with Crippen molar-refractivity contribution in [2.75, 3.05) is 5.73 Å². The summed E-state index contributed by atoms with van der Waals surface area (Å²) in [7, 11) is 1.79. The summed E-state index contributed by atoms with van der Waals surface area (Å²) in [5.74, 6) is 0.551. The molecular weight excluding hydrogens is 307 g/mol. The van der Waals surface area contributed by atoms with Crippen LogP contribution < -0.4 is 5.73 Å². The van der Waals surface area contributed by atoms with E-state index in [1.54, 1.807) is 30.1 Å². The van der Waals surface area contributed by atoms with Crippen molar-refractivity contribution in [3.63, 3.8) is 0 Å². The number of rotatable bonds is 2. The smallest absolute Gasteiger partial charge is 0.131 e. The van der Waals surface area contributed by atoms with Crippen molar-refractivity contribution >= 4 is 29.0 Å². The number of hydrogen-bond donors (Lipinski definition) is 1. The minimum atomic E-state index is 0.477. The second-order valence-electron chi connectivity index (χ2n) is 4.58. The van der Waals surface area contributed by atoms with Gasteiger partial charge >= 0.3 is 0 Å². The fourth-order valence-corrected chi connectivity index (χ4v) is 2.44. The second-order valence-corrected chi connectivity index (χ2v) is 5.39. The molecule has 106 valence electrons. The van der Waals surface area contributed by atoms with Crippen molar-refractivity contribution in [2.45, 2.75) is 0 Å². The van der Waals surface area contributed by atoms with Gasteiger partial charge in [0.15, 0.2) is 0 Å². The lowest BCUT2D eigenvalue weighted by Gasteiger charge is -2.04. The topological polar surface area (TPSA) is 56.7 Å². The van der Waals surface area contributed by atoms with Gasteiger partial charge in [0, 0.05) is 18.8 Å². The van der Waals surface area contributed by atoms with E-state index < -0.39 is 0 Å².